The highest BCUT2D eigenvalue weighted by Crippen LogP contribution is 2.20. The summed E-state index contributed by atoms with van der Waals surface area (Å²) in [5.41, 5.74) is 1.35. The molecule has 1 unspecified atom stereocenters. The van der Waals surface area contributed by atoms with Crippen molar-refractivity contribution in [3.05, 3.63) is 28.8 Å². The molecule has 3 N–H and O–H groups in total. The lowest BCUT2D eigenvalue weighted by atomic mass is 10.0. The maximum absolute atomic E-state index is 11.9. The van der Waals surface area contributed by atoms with E-state index in [2.05, 4.69) is 10.6 Å². The summed E-state index contributed by atoms with van der Waals surface area (Å²) >= 11 is 5.88. The Morgan fingerprint density at radius 3 is 2.64 bits per heavy atom. The van der Waals surface area contributed by atoms with Crippen LogP contribution in [0, 0.1) is 12.8 Å². The molecule has 1 atom stereocenters. The quantitative estimate of drug-likeness (QED) is 0.674. The highest BCUT2D eigenvalue weighted by atomic mass is 35.5. The predicted molar refractivity (Wildman–Crippen MR) is 87.9 cm³/mol. The number of benzene rings is 1. The van der Waals surface area contributed by atoms with Gasteiger partial charge in [-0.1, -0.05) is 31.0 Å². The maximum Gasteiger partial charge on any atom is 0.313 e. The molecule has 0 heterocycles. The van der Waals surface area contributed by atoms with Crippen molar-refractivity contribution in [2.75, 3.05) is 18.5 Å². The molecule has 1 aromatic rings. The zero-order valence-electron chi connectivity index (χ0n) is 13.0. The summed E-state index contributed by atoms with van der Waals surface area (Å²) in [4.78, 5) is 23.7. The smallest absolute Gasteiger partial charge is 0.313 e. The first-order valence-corrected chi connectivity index (χ1v) is 7.81. The molecule has 0 aliphatic heterocycles. The van der Waals surface area contributed by atoms with Crippen LogP contribution in [0.1, 0.15) is 31.7 Å². The van der Waals surface area contributed by atoms with Crippen molar-refractivity contribution in [2.24, 2.45) is 5.92 Å². The van der Waals surface area contributed by atoms with Gasteiger partial charge < -0.3 is 15.7 Å². The predicted octanol–water partition coefficient (Wildman–Crippen LogP) is 2.50. The number of aryl methyl sites for hydroxylation is 1. The summed E-state index contributed by atoms with van der Waals surface area (Å²) < 4.78 is 0. The maximum atomic E-state index is 11.9. The van der Waals surface area contributed by atoms with E-state index in [1.54, 1.807) is 18.2 Å². The van der Waals surface area contributed by atoms with Gasteiger partial charge in [-0.05, 0) is 43.4 Å². The van der Waals surface area contributed by atoms with E-state index in [1.165, 1.54) is 0 Å². The molecular formula is C16H23ClN2O3. The van der Waals surface area contributed by atoms with Crippen molar-refractivity contribution in [3.63, 3.8) is 0 Å². The van der Waals surface area contributed by atoms with Crippen molar-refractivity contribution >= 4 is 29.1 Å². The number of nitrogens with one attached hydrogen (secondary N) is 2. The Kier molecular flexibility index (Phi) is 7.91. The molecule has 2 amide bonds. The van der Waals surface area contributed by atoms with Gasteiger partial charge in [0.05, 0.1) is 0 Å². The summed E-state index contributed by atoms with van der Waals surface area (Å²) in [6.07, 6.45) is 2.48. The molecule has 0 aromatic heterocycles. The first-order chi connectivity index (χ1) is 10.5. The van der Waals surface area contributed by atoms with Gasteiger partial charge in [-0.3, -0.25) is 9.59 Å². The molecular weight excluding hydrogens is 304 g/mol. The largest absolute Gasteiger partial charge is 0.396 e. The Morgan fingerprint density at radius 1 is 1.27 bits per heavy atom. The summed E-state index contributed by atoms with van der Waals surface area (Å²) in [5, 5.41) is 14.6. The van der Waals surface area contributed by atoms with Gasteiger partial charge in [0.15, 0.2) is 0 Å². The first-order valence-electron chi connectivity index (χ1n) is 7.44. The van der Waals surface area contributed by atoms with Crippen molar-refractivity contribution in [3.8, 4) is 0 Å². The third-order valence-electron chi connectivity index (χ3n) is 3.44. The number of anilines is 1. The van der Waals surface area contributed by atoms with Crippen molar-refractivity contribution < 1.29 is 14.7 Å². The number of hydrogen-bond donors (Lipinski definition) is 3. The molecule has 5 nitrogen and oxygen atoms in total. The van der Waals surface area contributed by atoms with E-state index < -0.39 is 11.8 Å². The normalized spacial score (nSPS) is 11.8. The monoisotopic (exact) mass is 326 g/mol. The van der Waals surface area contributed by atoms with Crippen LogP contribution in [0.15, 0.2) is 18.2 Å². The molecule has 6 heteroatoms. The van der Waals surface area contributed by atoms with Gasteiger partial charge in [-0.25, -0.2) is 0 Å². The van der Waals surface area contributed by atoms with E-state index in [-0.39, 0.29) is 12.5 Å². The van der Waals surface area contributed by atoms with Gasteiger partial charge in [0.2, 0.25) is 0 Å². The van der Waals surface area contributed by atoms with E-state index in [1.807, 2.05) is 13.8 Å². The Labute approximate surface area is 136 Å². The van der Waals surface area contributed by atoms with Gasteiger partial charge in [0, 0.05) is 23.9 Å². The zero-order valence-corrected chi connectivity index (χ0v) is 13.7. The number of aliphatic hydroxyl groups is 1. The molecule has 0 spiro atoms. The van der Waals surface area contributed by atoms with Crippen LogP contribution in [0.3, 0.4) is 0 Å². The number of carbonyl (C=O) groups is 2. The Balaban J connectivity index is 2.54. The molecule has 1 aromatic carbocycles. The lowest BCUT2D eigenvalue weighted by Gasteiger charge is -2.15. The Bertz CT molecular complexity index is 514. The number of rotatable bonds is 7. The van der Waals surface area contributed by atoms with Crippen LogP contribution < -0.4 is 10.6 Å². The molecule has 0 fully saturated rings. The van der Waals surface area contributed by atoms with Gasteiger partial charge in [-0.15, -0.1) is 0 Å². The molecule has 22 heavy (non-hydrogen) atoms. The van der Waals surface area contributed by atoms with Crippen LogP contribution in [0.4, 0.5) is 5.69 Å². The number of aliphatic hydroxyl groups excluding tert-OH is 1. The van der Waals surface area contributed by atoms with E-state index >= 15 is 0 Å². The second kappa shape index (κ2) is 9.43. The molecule has 0 saturated carbocycles. The van der Waals surface area contributed by atoms with Crippen molar-refractivity contribution in [1.82, 2.24) is 5.32 Å². The van der Waals surface area contributed by atoms with Gasteiger partial charge in [-0.2, -0.15) is 0 Å². The SMILES string of the molecule is CCCC(CCO)CNC(=O)C(=O)Nc1cc(Cl)ccc1C. The molecule has 0 bridgehead atoms. The minimum absolute atomic E-state index is 0.0778. The second-order valence-electron chi connectivity index (χ2n) is 5.29. The van der Waals surface area contributed by atoms with Crippen LogP contribution in [0.25, 0.3) is 0 Å². The molecule has 0 radical (unpaired) electrons. The van der Waals surface area contributed by atoms with Crippen LogP contribution in [0.2, 0.25) is 5.02 Å². The lowest BCUT2D eigenvalue weighted by molar-refractivity contribution is -0.136. The molecule has 0 aliphatic rings. The third kappa shape index (κ3) is 6.03. The van der Waals surface area contributed by atoms with Crippen molar-refractivity contribution in [2.45, 2.75) is 33.1 Å². The molecule has 0 saturated heterocycles. The van der Waals surface area contributed by atoms with E-state index in [0.29, 0.717) is 23.7 Å². The minimum atomic E-state index is -0.718. The Morgan fingerprint density at radius 2 is 2.00 bits per heavy atom. The fourth-order valence-corrected chi connectivity index (χ4v) is 2.34. The number of halogens is 1. The van der Waals surface area contributed by atoms with Gasteiger partial charge >= 0.3 is 11.8 Å². The lowest BCUT2D eigenvalue weighted by Crippen LogP contribution is -2.38. The number of carbonyl (C=O) groups excluding carboxylic acids is 2. The average Bonchev–Trinajstić information content (AvgIpc) is 2.48. The fourth-order valence-electron chi connectivity index (χ4n) is 2.16. The fraction of sp³-hybridized carbons (Fsp3) is 0.500. The van der Waals surface area contributed by atoms with Gasteiger partial charge in [0.1, 0.15) is 0 Å². The standard InChI is InChI=1S/C16H23ClN2O3/c1-3-4-12(7-8-20)10-18-15(21)16(22)19-14-9-13(17)6-5-11(14)2/h5-6,9,12,20H,3-4,7-8,10H2,1-2H3,(H,18,21)(H,19,22). The second-order valence-corrected chi connectivity index (χ2v) is 5.73. The van der Waals surface area contributed by atoms with Crippen LogP contribution in [-0.2, 0) is 9.59 Å². The zero-order chi connectivity index (χ0) is 16.5. The highest BCUT2D eigenvalue weighted by Gasteiger charge is 2.16. The topological polar surface area (TPSA) is 78.4 Å². The van der Waals surface area contributed by atoms with Crippen molar-refractivity contribution in [1.29, 1.82) is 0 Å². The third-order valence-corrected chi connectivity index (χ3v) is 3.67. The van der Waals surface area contributed by atoms with Gasteiger partial charge in [0.25, 0.3) is 0 Å². The molecule has 0 aliphatic carbocycles. The molecule has 1 rings (SSSR count). The van der Waals surface area contributed by atoms with Crippen LogP contribution in [-0.4, -0.2) is 30.1 Å². The minimum Gasteiger partial charge on any atom is -0.396 e. The van der Waals surface area contributed by atoms with E-state index in [9.17, 15) is 9.59 Å². The molecule has 122 valence electrons. The van der Waals surface area contributed by atoms with E-state index in [0.717, 1.165) is 18.4 Å². The summed E-state index contributed by atoms with van der Waals surface area (Å²) in [7, 11) is 0. The van der Waals surface area contributed by atoms with Crippen LogP contribution in [0.5, 0.6) is 0 Å². The Hall–Kier alpha value is -1.59. The highest BCUT2D eigenvalue weighted by molar-refractivity contribution is 6.40. The summed E-state index contributed by atoms with van der Waals surface area (Å²) in [6.45, 7) is 4.33. The number of amides is 2. The van der Waals surface area contributed by atoms with Crippen LogP contribution >= 0.6 is 11.6 Å². The van der Waals surface area contributed by atoms with E-state index in [4.69, 9.17) is 16.7 Å². The number of hydrogen-bond acceptors (Lipinski definition) is 3. The summed E-state index contributed by atoms with van der Waals surface area (Å²) in [5.74, 6) is -1.22. The average molecular weight is 327 g/mol. The first kappa shape index (κ1) is 18.5. The summed E-state index contributed by atoms with van der Waals surface area (Å²) in [6, 6.07) is 5.10.